The lowest BCUT2D eigenvalue weighted by Gasteiger charge is -1.94. The number of aromatic nitrogens is 1. The van der Waals surface area contributed by atoms with Crippen molar-refractivity contribution in [3.05, 3.63) is 22.9 Å². The zero-order valence-corrected chi connectivity index (χ0v) is 6.55. The van der Waals surface area contributed by atoms with Crippen molar-refractivity contribution in [2.75, 3.05) is 5.73 Å². The lowest BCUT2D eigenvalue weighted by molar-refractivity contribution is -0.370. The summed E-state index contributed by atoms with van der Waals surface area (Å²) >= 11 is 0. The smallest absolute Gasteiger partial charge is 0.286 e. The Morgan fingerprint density at radius 1 is 1.33 bits per heavy atom. The molecule has 0 radical (unpaired) electrons. The molecule has 1 aromatic rings. The highest BCUT2D eigenvalue weighted by Gasteiger charge is 2.09. The zero-order valence-electron chi connectivity index (χ0n) is 6.55. The van der Waals surface area contributed by atoms with Gasteiger partial charge in [0.15, 0.2) is 0 Å². The van der Waals surface area contributed by atoms with Crippen molar-refractivity contribution < 1.29 is 4.98 Å². The van der Waals surface area contributed by atoms with E-state index in [4.69, 9.17) is 16.3 Å². The van der Waals surface area contributed by atoms with Gasteiger partial charge in [-0.2, -0.15) is 10.5 Å². The fourth-order valence-corrected chi connectivity index (χ4v) is 0.876. The first-order chi connectivity index (χ1) is 5.69. The molecule has 0 aliphatic heterocycles. The normalized spacial score (nSPS) is 8.58. The van der Waals surface area contributed by atoms with Crippen molar-refractivity contribution >= 4 is 5.82 Å². The van der Waals surface area contributed by atoms with Crippen LogP contribution in [-0.4, -0.2) is 0 Å². The zero-order chi connectivity index (χ0) is 9.14. The number of nitriles is 2. The molecule has 0 saturated carbocycles. The molecular formula is C8H7N4+. The molecule has 0 unspecified atom stereocenters. The molecule has 58 valence electrons. The third kappa shape index (κ3) is 1.18. The Morgan fingerprint density at radius 2 is 1.92 bits per heavy atom. The molecule has 0 bridgehead atoms. The molecule has 1 rings (SSSR count). The van der Waals surface area contributed by atoms with E-state index >= 15 is 0 Å². The van der Waals surface area contributed by atoms with Gasteiger partial charge in [-0.15, -0.1) is 0 Å². The minimum atomic E-state index is 0.300. The van der Waals surface area contributed by atoms with Gasteiger partial charge in [0.25, 0.3) is 5.82 Å². The van der Waals surface area contributed by atoms with E-state index in [2.05, 4.69) is 4.98 Å². The molecule has 12 heavy (non-hydrogen) atoms. The van der Waals surface area contributed by atoms with Gasteiger partial charge in [-0.3, -0.25) is 5.73 Å². The summed E-state index contributed by atoms with van der Waals surface area (Å²) in [4.78, 5) is 2.74. The Kier molecular flexibility index (Phi) is 1.94. The second-order valence-corrected chi connectivity index (χ2v) is 2.36. The third-order valence-electron chi connectivity index (χ3n) is 1.55. The standard InChI is InChI=1S/C8H6N4/c1-5-6(3-9)2-7(4-10)8(11)12-5/h2H,1H3,(H2,11,12)/p+1. The van der Waals surface area contributed by atoms with Crippen molar-refractivity contribution in [1.29, 1.82) is 10.5 Å². The van der Waals surface area contributed by atoms with Gasteiger partial charge >= 0.3 is 0 Å². The fourth-order valence-electron chi connectivity index (χ4n) is 0.876. The van der Waals surface area contributed by atoms with E-state index in [1.165, 1.54) is 6.07 Å². The topological polar surface area (TPSA) is 87.7 Å². The van der Waals surface area contributed by atoms with Gasteiger partial charge in [-0.05, 0) is 13.0 Å². The number of hydrogen-bond acceptors (Lipinski definition) is 3. The van der Waals surface area contributed by atoms with Gasteiger partial charge in [-0.1, -0.05) is 0 Å². The van der Waals surface area contributed by atoms with Crippen LogP contribution in [-0.2, 0) is 0 Å². The molecule has 0 aromatic carbocycles. The van der Waals surface area contributed by atoms with Crippen LogP contribution in [0.5, 0.6) is 0 Å². The largest absolute Gasteiger partial charge is 0.288 e. The summed E-state index contributed by atoms with van der Waals surface area (Å²) in [5.74, 6) is 0.300. The molecule has 4 nitrogen and oxygen atoms in total. The van der Waals surface area contributed by atoms with Crippen molar-refractivity contribution in [2.45, 2.75) is 6.92 Å². The Balaban J connectivity index is 3.42. The van der Waals surface area contributed by atoms with Crippen LogP contribution in [0.3, 0.4) is 0 Å². The van der Waals surface area contributed by atoms with Crippen molar-refractivity contribution in [2.24, 2.45) is 0 Å². The molecule has 0 aliphatic rings. The van der Waals surface area contributed by atoms with Gasteiger partial charge in [0, 0.05) is 0 Å². The van der Waals surface area contributed by atoms with Crippen LogP contribution in [0.4, 0.5) is 5.82 Å². The number of nitrogens with zero attached hydrogens (tertiary/aromatic N) is 2. The molecule has 0 aliphatic carbocycles. The first kappa shape index (κ1) is 8.03. The number of pyridine rings is 1. The van der Waals surface area contributed by atoms with E-state index in [0.29, 0.717) is 22.6 Å². The summed E-state index contributed by atoms with van der Waals surface area (Å²) in [6.07, 6.45) is 0. The second kappa shape index (κ2) is 2.89. The van der Waals surface area contributed by atoms with E-state index in [1.54, 1.807) is 6.92 Å². The monoisotopic (exact) mass is 159 g/mol. The maximum absolute atomic E-state index is 8.61. The summed E-state index contributed by atoms with van der Waals surface area (Å²) in [5.41, 5.74) is 6.89. The van der Waals surface area contributed by atoms with E-state index in [-0.39, 0.29) is 0 Å². The quantitative estimate of drug-likeness (QED) is 0.583. The first-order valence-electron chi connectivity index (χ1n) is 3.31. The minimum Gasteiger partial charge on any atom is -0.286 e. The van der Waals surface area contributed by atoms with Gasteiger partial charge < -0.3 is 0 Å². The van der Waals surface area contributed by atoms with Gasteiger partial charge in [-0.25, -0.2) is 4.98 Å². The van der Waals surface area contributed by atoms with Crippen molar-refractivity contribution in [1.82, 2.24) is 0 Å². The molecule has 1 aromatic heterocycles. The van der Waals surface area contributed by atoms with Crippen molar-refractivity contribution in [3.63, 3.8) is 0 Å². The van der Waals surface area contributed by atoms with Crippen LogP contribution in [0.1, 0.15) is 16.8 Å². The number of H-pyrrole nitrogens is 1. The predicted molar refractivity (Wildman–Crippen MR) is 41.6 cm³/mol. The van der Waals surface area contributed by atoms with Crippen LogP contribution in [0, 0.1) is 29.6 Å². The lowest BCUT2D eigenvalue weighted by Crippen LogP contribution is -2.17. The molecule has 0 fully saturated rings. The third-order valence-corrected chi connectivity index (χ3v) is 1.55. The highest BCUT2D eigenvalue weighted by atomic mass is 14.8. The second-order valence-electron chi connectivity index (χ2n) is 2.36. The summed E-state index contributed by atoms with van der Waals surface area (Å²) in [6, 6.07) is 5.32. The fraction of sp³-hybridized carbons (Fsp3) is 0.125. The molecule has 0 saturated heterocycles. The van der Waals surface area contributed by atoms with Gasteiger partial charge in [0.2, 0.25) is 0 Å². The summed E-state index contributed by atoms with van der Waals surface area (Å²) in [6.45, 7) is 1.73. The average molecular weight is 159 g/mol. The molecule has 1 heterocycles. The molecular weight excluding hydrogens is 152 g/mol. The number of nitrogens with two attached hydrogens (primary N) is 1. The Morgan fingerprint density at radius 3 is 2.42 bits per heavy atom. The van der Waals surface area contributed by atoms with E-state index < -0.39 is 0 Å². The van der Waals surface area contributed by atoms with Crippen molar-refractivity contribution in [3.8, 4) is 12.1 Å². The Bertz CT molecular complexity index is 359. The van der Waals surface area contributed by atoms with E-state index in [0.717, 1.165) is 0 Å². The Labute approximate surface area is 69.9 Å². The molecule has 4 heteroatoms. The number of hydrogen-bond donors (Lipinski definition) is 1. The number of anilines is 1. The number of nitrogen functional groups attached to an aromatic ring is 1. The van der Waals surface area contributed by atoms with Crippen LogP contribution >= 0.6 is 0 Å². The average Bonchev–Trinajstić information content (AvgIpc) is 2.05. The van der Waals surface area contributed by atoms with Crippen LogP contribution < -0.4 is 10.7 Å². The summed E-state index contributed by atoms with van der Waals surface area (Å²) in [7, 11) is 0. The first-order valence-corrected chi connectivity index (χ1v) is 3.31. The minimum absolute atomic E-state index is 0.300. The van der Waals surface area contributed by atoms with Crippen LogP contribution in [0.25, 0.3) is 0 Å². The number of rotatable bonds is 0. The molecule has 3 N–H and O–H groups in total. The highest BCUT2D eigenvalue weighted by Crippen LogP contribution is 2.08. The lowest BCUT2D eigenvalue weighted by atomic mass is 10.1. The summed E-state index contributed by atoms with van der Waals surface area (Å²) in [5, 5.41) is 17.2. The van der Waals surface area contributed by atoms with Crippen LogP contribution in [0.2, 0.25) is 0 Å². The maximum Gasteiger partial charge on any atom is 0.288 e. The maximum atomic E-state index is 8.61. The SMILES string of the molecule is Cc1[nH+]c(N)c(C#N)cc1C#N. The highest BCUT2D eigenvalue weighted by molar-refractivity contribution is 5.48. The Hall–Kier alpha value is -2.07. The molecule has 0 spiro atoms. The molecule has 0 atom stereocenters. The summed E-state index contributed by atoms with van der Waals surface area (Å²) < 4.78 is 0. The van der Waals surface area contributed by atoms with E-state index in [9.17, 15) is 0 Å². The van der Waals surface area contributed by atoms with E-state index in [1.807, 2.05) is 12.1 Å². The number of aromatic amines is 1. The number of nitrogens with one attached hydrogen (secondary N) is 1. The van der Waals surface area contributed by atoms with Gasteiger partial charge in [0.05, 0.1) is 5.56 Å². The number of aryl methyl sites for hydroxylation is 1. The van der Waals surface area contributed by atoms with Crippen LogP contribution in [0.15, 0.2) is 6.07 Å². The predicted octanol–water partition coefficient (Wildman–Crippen LogP) is 0.135. The molecule has 0 amide bonds. The van der Waals surface area contributed by atoms with Gasteiger partial charge in [0.1, 0.15) is 23.4 Å².